The van der Waals surface area contributed by atoms with Gasteiger partial charge in [-0.05, 0) is 25.7 Å². The summed E-state index contributed by atoms with van der Waals surface area (Å²) in [6.07, 6.45) is 21.6. The van der Waals surface area contributed by atoms with Gasteiger partial charge >= 0.3 is 0 Å². The maximum atomic E-state index is 6.38. The molecular weight excluding hydrogens is 280 g/mol. The third kappa shape index (κ3) is 13.0. The summed E-state index contributed by atoms with van der Waals surface area (Å²) in [5.74, 6) is 0. The molecular formula is C22H46O. The third-order valence-electron chi connectivity index (χ3n) is 5.23. The van der Waals surface area contributed by atoms with Crippen LogP contribution in [0, 0.1) is 0 Å². The first kappa shape index (κ1) is 23.0. The highest BCUT2D eigenvalue weighted by Crippen LogP contribution is 2.30. The quantitative estimate of drug-likeness (QED) is 0.231. The highest BCUT2D eigenvalue weighted by Gasteiger charge is 2.27. The van der Waals surface area contributed by atoms with Crippen LogP contribution in [0.2, 0.25) is 0 Å². The second kappa shape index (κ2) is 16.8. The molecule has 0 aliphatic carbocycles. The number of hydrogen-bond acceptors (Lipinski definition) is 1. The van der Waals surface area contributed by atoms with E-state index in [0.29, 0.717) is 0 Å². The van der Waals surface area contributed by atoms with E-state index in [2.05, 4.69) is 27.7 Å². The second-order valence-electron chi connectivity index (χ2n) is 7.42. The summed E-state index contributed by atoms with van der Waals surface area (Å²) in [6, 6.07) is 0. The van der Waals surface area contributed by atoms with E-state index < -0.39 is 0 Å². The lowest BCUT2D eigenvalue weighted by molar-refractivity contribution is -0.0632. The molecule has 0 N–H and O–H groups in total. The van der Waals surface area contributed by atoms with E-state index in [9.17, 15) is 0 Å². The maximum Gasteiger partial charge on any atom is 0.0680 e. The summed E-state index contributed by atoms with van der Waals surface area (Å²) in [5, 5.41) is 0. The van der Waals surface area contributed by atoms with Gasteiger partial charge in [0.05, 0.1) is 5.60 Å². The molecule has 0 heterocycles. The summed E-state index contributed by atoms with van der Waals surface area (Å²) in [6.45, 7) is 10.1. The van der Waals surface area contributed by atoms with Gasteiger partial charge in [-0.1, -0.05) is 105 Å². The van der Waals surface area contributed by atoms with Crippen LogP contribution in [0.25, 0.3) is 0 Å². The largest absolute Gasteiger partial charge is 0.375 e. The average Bonchev–Trinajstić information content (AvgIpc) is 2.58. The van der Waals surface area contributed by atoms with Crippen molar-refractivity contribution < 1.29 is 4.74 Å². The molecule has 1 nitrogen and oxygen atoms in total. The lowest BCUT2D eigenvalue weighted by Gasteiger charge is -2.33. The molecule has 0 rings (SSSR count). The Labute approximate surface area is 148 Å². The highest BCUT2D eigenvalue weighted by atomic mass is 16.5. The van der Waals surface area contributed by atoms with Crippen molar-refractivity contribution in [3.8, 4) is 0 Å². The second-order valence-corrected chi connectivity index (χ2v) is 7.42. The topological polar surface area (TPSA) is 9.23 Å². The number of unbranched alkanes of at least 4 members (excludes halogenated alkanes) is 10. The van der Waals surface area contributed by atoms with Crippen molar-refractivity contribution in [2.45, 2.75) is 136 Å². The van der Waals surface area contributed by atoms with Gasteiger partial charge in [0.25, 0.3) is 0 Å². The van der Waals surface area contributed by atoms with Crippen molar-refractivity contribution in [1.29, 1.82) is 0 Å². The fourth-order valence-corrected chi connectivity index (χ4v) is 3.50. The summed E-state index contributed by atoms with van der Waals surface area (Å²) in [5.41, 5.74) is 0.186. The average molecular weight is 327 g/mol. The predicted octanol–water partition coefficient (Wildman–Crippen LogP) is 8.06. The Hall–Kier alpha value is -0.0400. The first-order valence-corrected chi connectivity index (χ1v) is 10.9. The fourth-order valence-electron chi connectivity index (χ4n) is 3.50. The van der Waals surface area contributed by atoms with Crippen LogP contribution < -0.4 is 0 Å². The van der Waals surface area contributed by atoms with Gasteiger partial charge < -0.3 is 4.74 Å². The van der Waals surface area contributed by atoms with Crippen molar-refractivity contribution in [3.63, 3.8) is 0 Å². The number of ether oxygens (including phenoxy) is 1. The summed E-state index contributed by atoms with van der Waals surface area (Å²) in [7, 11) is 0. The first-order chi connectivity index (χ1) is 11.2. The molecule has 140 valence electrons. The van der Waals surface area contributed by atoms with Crippen LogP contribution in [-0.2, 0) is 4.74 Å². The molecule has 0 radical (unpaired) electrons. The number of hydrogen-bond donors (Lipinski definition) is 0. The van der Waals surface area contributed by atoms with Crippen LogP contribution in [-0.4, -0.2) is 12.2 Å². The fraction of sp³-hybridized carbons (Fsp3) is 1.00. The molecule has 0 bridgehead atoms. The molecule has 0 spiro atoms. The van der Waals surface area contributed by atoms with Gasteiger partial charge in [0, 0.05) is 6.61 Å². The SMILES string of the molecule is CCCCCCCCC(CC)(CCCCCCCC)OCCC. The van der Waals surface area contributed by atoms with Crippen LogP contribution in [0.15, 0.2) is 0 Å². The molecule has 0 atom stereocenters. The van der Waals surface area contributed by atoms with Gasteiger partial charge in [0.15, 0.2) is 0 Å². The van der Waals surface area contributed by atoms with Crippen molar-refractivity contribution in [2.24, 2.45) is 0 Å². The minimum atomic E-state index is 0.186. The van der Waals surface area contributed by atoms with Gasteiger partial charge in [0.2, 0.25) is 0 Å². The molecule has 0 aromatic rings. The molecule has 0 saturated carbocycles. The van der Waals surface area contributed by atoms with Crippen LogP contribution in [0.5, 0.6) is 0 Å². The third-order valence-corrected chi connectivity index (χ3v) is 5.23. The van der Waals surface area contributed by atoms with E-state index >= 15 is 0 Å². The van der Waals surface area contributed by atoms with E-state index in [1.165, 1.54) is 96.3 Å². The standard InChI is InChI=1S/C22H46O/c1-5-9-11-13-15-17-19-22(8-4,23-21-7-3)20-18-16-14-12-10-6-2/h5-21H2,1-4H3. The summed E-state index contributed by atoms with van der Waals surface area (Å²) < 4.78 is 6.38. The summed E-state index contributed by atoms with van der Waals surface area (Å²) >= 11 is 0. The van der Waals surface area contributed by atoms with Crippen LogP contribution in [0.1, 0.15) is 130 Å². The normalized spacial score (nSPS) is 12.0. The minimum absolute atomic E-state index is 0.186. The van der Waals surface area contributed by atoms with Crippen LogP contribution in [0.3, 0.4) is 0 Å². The molecule has 0 amide bonds. The van der Waals surface area contributed by atoms with Crippen LogP contribution >= 0.6 is 0 Å². The van der Waals surface area contributed by atoms with Gasteiger partial charge in [0.1, 0.15) is 0 Å². The smallest absolute Gasteiger partial charge is 0.0680 e. The van der Waals surface area contributed by atoms with Gasteiger partial charge in [-0.3, -0.25) is 0 Å². The lowest BCUT2D eigenvalue weighted by Crippen LogP contribution is -2.32. The Morgan fingerprint density at radius 1 is 0.522 bits per heavy atom. The zero-order valence-corrected chi connectivity index (χ0v) is 16.9. The van der Waals surface area contributed by atoms with E-state index in [0.717, 1.165) is 13.0 Å². The molecule has 1 heteroatoms. The Morgan fingerprint density at radius 2 is 0.957 bits per heavy atom. The van der Waals surface area contributed by atoms with Crippen LogP contribution in [0.4, 0.5) is 0 Å². The minimum Gasteiger partial charge on any atom is -0.375 e. The molecule has 23 heavy (non-hydrogen) atoms. The predicted molar refractivity (Wildman–Crippen MR) is 105 cm³/mol. The van der Waals surface area contributed by atoms with Crippen molar-refractivity contribution >= 4 is 0 Å². The highest BCUT2D eigenvalue weighted by molar-refractivity contribution is 4.79. The Morgan fingerprint density at radius 3 is 1.35 bits per heavy atom. The first-order valence-electron chi connectivity index (χ1n) is 10.9. The van der Waals surface area contributed by atoms with Gasteiger partial charge in [-0.15, -0.1) is 0 Å². The lowest BCUT2D eigenvalue weighted by atomic mass is 9.87. The molecule has 0 unspecified atom stereocenters. The molecule has 0 fully saturated rings. The number of rotatable bonds is 18. The zero-order chi connectivity index (χ0) is 17.2. The molecule has 0 aromatic carbocycles. The van der Waals surface area contributed by atoms with Gasteiger partial charge in [-0.25, -0.2) is 0 Å². The van der Waals surface area contributed by atoms with Crippen molar-refractivity contribution in [2.75, 3.05) is 6.61 Å². The van der Waals surface area contributed by atoms with Crippen molar-refractivity contribution in [1.82, 2.24) is 0 Å². The Bertz CT molecular complexity index is 208. The van der Waals surface area contributed by atoms with E-state index in [4.69, 9.17) is 4.74 Å². The van der Waals surface area contributed by atoms with E-state index in [1.807, 2.05) is 0 Å². The van der Waals surface area contributed by atoms with E-state index in [1.54, 1.807) is 0 Å². The van der Waals surface area contributed by atoms with Crippen molar-refractivity contribution in [3.05, 3.63) is 0 Å². The molecule has 0 saturated heterocycles. The van der Waals surface area contributed by atoms with Gasteiger partial charge in [-0.2, -0.15) is 0 Å². The zero-order valence-electron chi connectivity index (χ0n) is 16.9. The summed E-state index contributed by atoms with van der Waals surface area (Å²) in [4.78, 5) is 0. The van der Waals surface area contributed by atoms with E-state index in [-0.39, 0.29) is 5.60 Å². The molecule has 0 aliphatic rings. The Balaban J connectivity index is 4.06. The monoisotopic (exact) mass is 326 g/mol. The maximum absolute atomic E-state index is 6.38. The molecule has 0 aliphatic heterocycles. The molecule has 0 aromatic heterocycles. The Kier molecular flexibility index (Phi) is 16.8.